The van der Waals surface area contributed by atoms with Crippen LogP contribution in [-0.2, 0) is 28.4 Å². The molecule has 14 nitrogen and oxygen atoms in total. The van der Waals surface area contributed by atoms with Crippen LogP contribution in [0.25, 0.3) is 0 Å². The van der Waals surface area contributed by atoms with Crippen LogP contribution in [0.15, 0.2) is 0 Å². The van der Waals surface area contributed by atoms with Gasteiger partial charge in [0.05, 0.1) is 38.1 Å². The first-order chi connectivity index (χ1) is 25.2. The van der Waals surface area contributed by atoms with Gasteiger partial charge in [-0.2, -0.15) is 0 Å². The summed E-state index contributed by atoms with van der Waals surface area (Å²) in [5, 5.41) is 84.8. The van der Waals surface area contributed by atoms with Crippen molar-refractivity contribution < 1.29 is 69.3 Å². The zero-order chi connectivity index (χ0) is 37.8. The summed E-state index contributed by atoms with van der Waals surface area (Å²) < 4.78 is 37.3. The van der Waals surface area contributed by atoms with E-state index in [1.54, 1.807) is 0 Å². The Bertz CT molecular complexity index is 1300. The smallest absolute Gasteiger partial charge is 0.187 e. The van der Waals surface area contributed by atoms with E-state index in [9.17, 15) is 40.9 Å². The molecule has 0 amide bonds. The van der Waals surface area contributed by atoms with Crippen LogP contribution in [0.2, 0.25) is 0 Å². The van der Waals surface area contributed by atoms with Crippen molar-refractivity contribution in [1.29, 1.82) is 0 Å². The molecule has 0 aromatic rings. The first-order valence-corrected chi connectivity index (χ1v) is 20.4. The Labute approximate surface area is 312 Å². The van der Waals surface area contributed by atoms with Crippen molar-refractivity contribution in [2.45, 2.75) is 171 Å². The Morgan fingerprint density at radius 2 is 1.34 bits per heavy atom. The normalized spacial score (nSPS) is 59.5. The monoisotopic (exact) mass is 756 g/mol. The highest BCUT2D eigenvalue weighted by Crippen LogP contribution is 2.71. The Morgan fingerprint density at radius 1 is 0.660 bits per heavy atom. The summed E-state index contributed by atoms with van der Waals surface area (Å²) in [5.74, 6) is 1.79. The predicted octanol–water partition coefficient (Wildman–Crippen LogP) is 0.413. The van der Waals surface area contributed by atoms with E-state index in [2.05, 4.69) is 27.7 Å². The van der Waals surface area contributed by atoms with Crippen LogP contribution >= 0.6 is 0 Å². The summed E-state index contributed by atoms with van der Waals surface area (Å²) in [5.41, 5.74) is 0.0217. The van der Waals surface area contributed by atoms with Gasteiger partial charge in [0, 0.05) is 18.3 Å². The molecule has 0 unspecified atom stereocenters. The van der Waals surface area contributed by atoms with Gasteiger partial charge in [0.25, 0.3) is 0 Å². The maximum Gasteiger partial charge on any atom is 0.187 e. The van der Waals surface area contributed by atoms with Crippen molar-refractivity contribution in [3.05, 3.63) is 0 Å². The van der Waals surface area contributed by atoms with Gasteiger partial charge in [0.2, 0.25) is 0 Å². The minimum atomic E-state index is -1.73. The fourth-order valence-electron chi connectivity index (χ4n) is 13.2. The van der Waals surface area contributed by atoms with E-state index in [1.807, 2.05) is 0 Å². The topological polar surface area (TPSA) is 217 Å². The molecular weight excluding hydrogens is 692 g/mol. The number of ether oxygens (including phenoxy) is 6. The van der Waals surface area contributed by atoms with Crippen LogP contribution in [0.3, 0.4) is 0 Å². The molecule has 4 saturated carbocycles. The highest BCUT2D eigenvalue weighted by atomic mass is 16.8. The highest BCUT2D eigenvalue weighted by molar-refractivity contribution is 5.18. The molecule has 4 aliphatic carbocycles. The van der Waals surface area contributed by atoms with Crippen LogP contribution in [0.1, 0.15) is 85.5 Å². The number of rotatable bonds is 6. The van der Waals surface area contributed by atoms with Crippen LogP contribution in [0.5, 0.6) is 0 Å². The third-order valence-electron chi connectivity index (χ3n) is 16.2. The lowest BCUT2D eigenvalue weighted by Gasteiger charge is -2.61. The van der Waals surface area contributed by atoms with Gasteiger partial charge in [0.15, 0.2) is 18.4 Å². The summed E-state index contributed by atoms with van der Waals surface area (Å²) >= 11 is 0. The molecule has 23 atom stereocenters. The number of fused-ring (bicyclic) bond motifs is 7. The average Bonchev–Trinajstić information content (AvgIpc) is 3.55. The number of aliphatic hydroxyl groups is 8. The third kappa shape index (κ3) is 6.11. The Kier molecular flexibility index (Phi) is 10.6. The molecule has 0 aromatic heterocycles. The molecule has 0 aromatic carbocycles. The molecule has 1 spiro atoms. The van der Waals surface area contributed by atoms with Gasteiger partial charge in [-0.1, -0.05) is 27.7 Å². The lowest BCUT2D eigenvalue weighted by molar-refractivity contribution is -0.373. The van der Waals surface area contributed by atoms with E-state index in [4.69, 9.17) is 28.4 Å². The predicted molar refractivity (Wildman–Crippen MR) is 184 cm³/mol. The third-order valence-corrected chi connectivity index (χ3v) is 16.2. The number of hydrogen-bond acceptors (Lipinski definition) is 14. The van der Waals surface area contributed by atoms with Crippen molar-refractivity contribution >= 4 is 0 Å². The quantitative estimate of drug-likeness (QED) is 0.173. The van der Waals surface area contributed by atoms with Crippen molar-refractivity contribution in [2.75, 3.05) is 19.8 Å². The molecule has 304 valence electrons. The van der Waals surface area contributed by atoms with E-state index in [-0.39, 0.29) is 40.8 Å². The van der Waals surface area contributed by atoms with Gasteiger partial charge >= 0.3 is 0 Å². The lowest BCUT2D eigenvalue weighted by Crippen LogP contribution is -2.65. The van der Waals surface area contributed by atoms with E-state index in [0.717, 1.165) is 51.4 Å². The molecule has 8 N–H and O–H groups in total. The second-order valence-corrected chi connectivity index (χ2v) is 18.8. The SMILES string of the molecule is C[C@H]1CC[C@@]2(OC1)O[C@H]1[C@H](O)[C@H]3[C@@H]4CC[C@@H]5C[C@@H](O[C@@H]6O[C@H](CO)[C@H](O)[C@H](O)[C@H]6O[C@@H]6O[C@H](CO)[C@@H](O)[C@H](O)[C@H]6O)CC[C@]5(C)[C@H]4CC[C@]3(C)[C@H]1[C@@H]2C. The average molecular weight is 757 g/mol. The maximum atomic E-state index is 12.1. The van der Waals surface area contributed by atoms with Gasteiger partial charge in [-0.05, 0) is 91.8 Å². The standard InChI is InChI=1S/C39H64O14/c1-17-7-12-39(48-16-17)18(2)25-33(53-39)29(44)26-21-6-5-19-13-20(8-10-37(19,3)22(21)9-11-38(25,26)4)49-36-34(31(46)28(43)24(15-41)51-36)52-35-32(47)30(45)27(42)23(14-40)50-35/h17-36,40-47H,5-16H2,1-4H3/t17-,18-,19+,20-,21+,22-,23+,24+,25-,26+,27+,28-,29+,30-,31-,32+,33+,34+,35-,36+,37-,38+,39+/m0/s1. The van der Waals surface area contributed by atoms with E-state index in [1.165, 1.54) is 0 Å². The lowest BCUT2D eigenvalue weighted by atomic mass is 9.44. The van der Waals surface area contributed by atoms with Gasteiger partial charge in [-0.3, -0.25) is 0 Å². The molecule has 0 radical (unpaired) electrons. The van der Waals surface area contributed by atoms with Crippen molar-refractivity contribution in [1.82, 2.24) is 0 Å². The van der Waals surface area contributed by atoms with Gasteiger partial charge in [-0.25, -0.2) is 0 Å². The zero-order valence-corrected chi connectivity index (χ0v) is 31.6. The second-order valence-electron chi connectivity index (χ2n) is 18.8. The van der Waals surface area contributed by atoms with E-state index >= 15 is 0 Å². The maximum absolute atomic E-state index is 12.1. The number of aliphatic hydroxyl groups excluding tert-OH is 8. The molecule has 8 rings (SSSR count). The zero-order valence-electron chi connectivity index (χ0n) is 31.6. The van der Waals surface area contributed by atoms with Crippen LogP contribution in [-0.4, -0.2) is 146 Å². The summed E-state index contributed by atoms with van der Waals surface area (Å²) in [6.07, 6.45) is -7.30. The molecule has 8 fully saturated rings. The Balaban J connectivity index is 0.956. The van der Waals surface area contributed by atoms with E-state index in [0.29, 0.717) is 36.7 Å². The molecule has 0 bridgehead atoms. The molecule has 8 aliphatic rings. The van der Waals surface area contributed by atoms with Crippen LogP contribution in [0, 0.1) is 52.3 Å². The van der Waals surface area contributed by atoms with Crippen LogP contribution in [0.4, 0.5) is 0 Å². The minimum absolute atomic E-state index is 0.0208. The Hall–Kier alpha value is -0.560. The van der Waals surface area contributed by atoms with Crippen molar-refractivity contribution in [2.24, 2.45) is 52.3 Å². The van der Waals surface area contributed by atoms with Gasteiger partial charge in [0.1, 0.15) is 48.8 Å². The Morgan fingerprint density at radius 3 is 2.02 bits per heavy atom. The van der Waals surface area contributed by atoms with Gasteiger partial charge in [-0.15, -0.1) is 0 Å². The molecule has 53 heavy (non-hydrogen) atoms. The van der Waals surface area contributed by atoms with Crippen LogP contribution < -0.4 is 0 Å². The fourth-order valence-corrected chi connectivity index (χ4v) is 13.2. The van der Waals surface area contributed by atoms with E-state index < -0.39 is 86.5 Å². The summed E-state index contributed by atoms with van der Waals surface area (Å²) in [6.45, 7) is 8.83. The largest absolute Gasteiger partial charge is 0.394 e. The molecule has 4 saturated heterocycles. The summed E-state index contributed by atoms with van der Waals surface area (Å²) in [7, 11) is 0. The molecule has 4 heterocycles. The fraction of sp³-hybridized carbons (Fsp3) is 1.00. The second kappa shape index (κ2) is 14.4. The van der Waals surface area contributed by atoms with Crippen molar-refractivity contribution in [3.63, 3.8) is 0 Å². The highest BCUT2D eigenvalue weighted by Gasteiger charge is 2.72. The molecule has 14 heteroatoms. The minimum Gasteiger partial charge on any atom is -0.394 e. The molecule has 4 aliphatic heterocycles. The van der Waals surface area contributed by atoms with Gasteiger partial charge < -0.3 is 69.3 Å². The first kappa shape index (κ1) is 39.3. The number of hydrogen-bond donors (Lipinski definition) is 8. The molecular formula is C39H64O14. The van der Waals surface area contributed by atoms with Crippen molar-refractivity contribution in [3.8, 4) is 0 Å². The first-order valence-electron chi connectivity index (χ1n) is 20.4. The summed E-state index contributed by atoms with van der Waals surface area (Å²) in [4.78, 5) is 0. The summed E-state index contributed by atoms with van der Waals surface area (Å²) in [6, 6.07) is 0.